The maximum atomic E-state index is 12.5. The Bertz CT molecular complexity index is 640. The number of rotatable bonds is 3. The minimum Gasteiger partial charge on any atom is -0.326 e. The number of aryl methyl sites for hydroxylation is 2. The molecule has 0 spiro atoms. The van der Waals surface area contributed by atoms with Crippen molar-refractivity contribution in [2.75, 3.05) is 11.9 Å². The molecule has 1 aromatic carbocycles. The Kier molecular flexibility index (Phi) is 4.10. The van der Waals surface area contributed by atoms with Gasteiger partial charge in [-0.15, -0.1) is 0 Å². The number of hydrogen-bond donors (Lipinski definition) is 1. The third-order valence-corrected chi connectivity index (χ3v) is 3.17. The van der Waals surface area contributed by atoms with Gasteiger partial charge in [0.1, 0.15) is 0 Å². The topological polar surface area (TPSA) is 72.1 Å². The van der Waals surface area contributed by atoms with Gasteiger partial charge < -0.3 is 10.6 Å². The van der Waals surface area contributed by atoms with Crippen LogP contribution in [-0.4, -0.2) is 23.2 Å². The van der Waals surface area contributed by atoms with Crippen LogP contribution in [0.2, 0.25) is 0 Å². The van der Waals surface area contributed by atoms with E-state index in [-0.39, 0.29) is 5.91 Å². The zero-order valence-electron chi connectivity index (χ0n) is 11.9. The highest BCUT2D eigenvalue weighted by atomic mass is 16.2. The van der Waals surface area contributed by atoms with Crippen LogP contribution in [0.3, 0.4) is 0 Å². The van der Waals surface area contributed by atoms with Crippen LogP contribution in [0, 0.1) is 13.8 Å². The summed E-state index contributed by atoms with van der Waals surface area (Å²) in [5.41, 5.74) is 9.35. The minimum absolute atomic E-state index is 0.102. The number of hydrogen-bond acceptors (Lipinski definition) is 4. The monoisotopic (exact) mass is 270 g/mol. The Morgan fingerprint density at radius 3 is 2.70 bits per heavy atom. The molecule has 1 amide bonds. The molecule has 0 fully saturated rings. The van der Waals surface area contributed by atoms with E-state index in [1.54, 1.807) is 24.9 Å². The molecule has 5 nitrogen and oxygen atoms in total. The van der Waals surface area contributed by atoms with Crippen molar-refractivity contribution in [3.63, 3.8) is 0 Å². The second kappa shape index (κ2) is 5.79. The highest BCUT2D eigenvalue weighted by Gasteiger charge is 2.17. The molecule has 20 heavy (non-hydrogen) atoms. The molecular weight excluding hydrogens is 252 g/mol. The second-order valence-corrected chi connectivity index (χ2v) is 4.72. The highest BCUT2D eigenvalue weighted by Crippen LogP contribution is 2.18. The van der Waals surface area contributed by atoms with Crippen LogP contribution in [-0.2, 0) is 6.54 Å². The summed E-state index contributed by atoms with van der Waals surface area (Å²) in [5, 5.41) is 7.94. The van der Waals surface area contributed by atoms with E-state index in [0.717, 1.165) is 16.9 Å². The van der Waals surface area contributed by atoms with Crippen molar-refractivity contribution in [3.8, 4) is 0 Å². The van der Waals surface area contributed by atoms with Gasteiger partial charge in [-0.25, -0.2) is 0 Å². The average molecular weight is 270 g/mol. The van der Waals surface area contributed by atoms with E-state index in [1.165, 1.54) is 0 Å². The minimum atomic E-state index is -0.102. The molecule has 0 radical (unpaired) electrons. The Morgan fingerprint density at radius 1 is 1.25 bits per heavy atom. The molecule has 0 aliphatic rings. The van der Waals surface area contributed by atoms with Gasteiger partial charge in [0.2, 0.25) is 0 Å². The zero-order valence-corrected chi connectivity index (χ0v) is 11.9. The average Bonchev–Trinajstić information content (AvgIpc) is 2.48. The van der Waals surface area contributed by atoms with Crippen molar-refractivity contribution < 1.29 is 4.79 Å². The molecule has 0 atom stereocenters. The number of carbonyl (C=O) groups is 1. The lowest BCUT2D eigenvalue weighted by atomic mass is 10.1. The number of nitrogens with two attached hydrogens (primary N) is 1. The molecule has 0 aliphatic heterocycles. The van der Waals surface area contributed by atoms with Crippen molar-refractivity contribution in [2.24, 2.45) is 5.73 Å². The summed E-state index contributed by atoms with van der Waals surface area (Å²) in [6.07, 6.45) is 0. The summed E-state index contributed by atoms with van der Waals surface area (Å²) in [6, 6.07) is 9.38. The molecule has 1 aromatic heterocycles. The SMILES string of the molecule is Cc1cc(C(=O)N(C)c2cccc(CN)c2)c(C)nn1. The molecular formula is C15H18N4O. The maximum Gasteiger partial charge on any atom is 0.259 e. The highest BCUT2D eigenvalue weighted by molar-refractivity contribution is 6.06. The molecule has 0 unspecified atom stereocenters. The lowest BCUT2D eigenvalue weighted by Gasteiger charge is -2.19. The van der Waals surface area contributed by atoms with E-state index < -0.39 is 0 Å². The molecule has 2 aromatic rings. The van der Waals surface area contributed by atoms with E-state index in [0.29, 0.717) is 17.8 Å². The van der Waals surface area contributed by atoms with Gasteiger partial charge in [0.25, 0.3) is 5.91 Å². The first-order chi connectivity index (χ1) is 9.52. The van der Waals surface area contributed by atoms with Gasteiger partial charge in [0.15, 0.2) is 0 Å². The molecule has 0 saturated heterocycles. The van der Waals surface area contributed by atoms with Crippen molar-refractivity contribution in [1.29, 1.82) is 0 Å². The largest absolute Gasteiger partial charge is 0.326 e. The van der Waals surface area contributed by atoms with E-state index in [9.17, 15) is 4.79 Å². The van der Waals surface area contributed by atoms with Gasteiger partial charge in [-0.1, -0.05) is 12.1 Å². The predicted molar refractivity (Wildman–Crippen MR) is 78.6 cm³/mol. The van der Waals surface area contributed by atoms with E-state index >= 15 is 0 Å². The van der Waals surface area contributed by atoms with E-state index in [1.807, 2.05) is 31.2 Å². The van der Waals surface area contributed by atoms with Gasteiger partial charge >= 0.3 is 0 Å². The maximum absolute atomic E-state index is 12.5. The van der Waals surface area contributed by atoms with Crippen LogP contribution in [0.1, 0.15) is 27.3 Å². The Labute approximate surface area is 118 Å². The summed E-state index contributed by atoms with van der Waals surface area (Å²) in [5.74, 6) is -0.102. The van der Waals surface area contributed by atoms with Gasteiger partial charge in [-0.3, -0.25) is 4.79 Å². The fraction of sp³-hybridized carbons (Fsp3) is 0.267. The molecule has 2 N–H and O–H groups in total. The predicted octanol–water partition coefficient (Wildman–Crippen LogP) is 1.83. The third kappa shape index (κ3) is 2.83. The number of aromatic nitrogens is 2. The van der Waals surface area contributed by atoms with Crippen LogP contribution >= 0.6 is 0 Å². The Balaban J connectivity index is 2.34. The zero-order chi connectivity index (χ0) is 14.7. The van der Waals surface area contributed by atoms with Crippen LogP contribution < -0.4 is 10.6 Å². The van der Waals surface area contributed by atoms with Crippen LogP contribution in [0.25, 0.3) is 0 Å². The number of benzene rings is 1. The first kappa shape index (κ1) is 14.1. The number of carbonyl (C=O) groups excluding carboxylic acids is 1. The third-order valence-electron chi connectivity index (χ3n) is 3.17. The van der Waals surface area contributed by atoms with E-state index in [2.05, 4.69) is 10.2 Å². The summed E-state index contributed by atoms with van der Waals surface area (Å²) in [6.45, 7) is 4.05. The van der Waals surface area contributed by atoms with Gasteiger partial charge in [0.05, 0.1) is 17.0 Å². The summed E-state index contributed by atoms with van der Waals surface area (Å²) < 4.78 is 0. The lowest BCUT2D eigenvalue weighted by Crippen LogP contribution is -2.27. The van der Waals surface area contributed by atoms with Crippen molar-refractivity contribution in [3.05, 3.63) is 52.8 Å². The quantitative estimate of drug-likeness (QED) is 0.923. The van der Waals surface area contributed by atoms with Crippen LogP contribution in [0.4, 0.5) is 5.69 Å². The summed E-state index contributed by atoms with van der Waals surface area (Å²) in [4.78, 5) is 14.1. The molecule has 2 rings (SSSR count). The van der Waals surface area contributed by atoms with Gasteiger partial charge in [-0.2, -0.15) is 10.2 Å². The van der Waals surface area contributed by atoms with Crippen molar-refractivity contribution in [1.82, 2.24) is 10.2 Å². The molecule has 0 saturated carbocycles. The number of nitrogens with zero attached hydrogens (tertiary/aromatic N) is 3. The molecule has 5 heteroatoms. The molecule has 104 valence electrons. The second-order valence-electron chi connectivity index (χ2n) is 4.72. The van der Waals surface area contributed by atoms with Crippen molar-refractivity contribution in [2.45, 2.75) is 20.4 Å². The first-order valence-electron chi connectivity index (χ1n) is 6.41. The van der Waals surface area contributed by atoms with Gasteiger partial charge in [-0.05, 0) is 37.6 Å². The summed E-state index contributed by atoms with van der Waals surface area (Å²) >= 11 is 0. The standard InChI is InChI=1S/C15H18N4O/c1-10-7-14(11(2)18-17-10)15(20)19(3)13-6-4-5-12(8-13)9-16/h4-8H,9,16H2,1-3H3. The first-order valence-corrected chi connectivity index (χ1v) is 6.41. The Morgan fingerprint density at radius 2 is 2.00 bits per heavy atom. The molecule has 0 aliphatic carbocycles. The van der Waals surface area contributed by atoms with Crippen LogP contribution in [0.5, 0.6) is 0 Å². The fourth-order valence-corrected chi connectivity index (χ4v) is 1.96. The summed E-state index contributed by atoms with van der Waals surface area (Å²) in [7, 11) is 1.74. The van der Waals surface area contributed by atoms with Crippen LogP contribution in [0.15, 0.2) is 30.3 Å². The van der Waals surface area contributed by atoms with E-state index in [4.69, 9.17) is 5.73 Å². The lowest BCUT2D eigenvalue weighted by molar-refractivity contribution is 0.0991. The Hall–Kier alpha value is -2.27. The number of anilines is 1. The normalized spacial score (nSPS) is 10.4. The molecule has 1 heterocycles. The smallest absolute Gasteiger partial charge is 0.259 e. The van der Waals surface area contributed by atoms with Crippen molar-refractivity contribution >= 4 is 11.6 Å². The molecule has 0 bridgehead atoms. The fourth-order valence-electron chi connectivity index (χ4n) is 1.96. The number of amides is 1. The van der Waals surface area contributed by atoms with Gasteiger partial charge in [0, 0.05) is 19.3 Å².